The van der Waals surface area contributed by atoms with E-state index in [1.54, 1.807) is 0 Å². The Bertz CT molecular complexity index is 199. The Kier molecular flexibility index (Phi) is 46.9. The fraction of sp³-hybridized carbons (Fsp3) is 0.714. The van der Waals surface area contributed by atoms with E-state index in [0.717, 1.165) is 0 Å². The van der Waals surface area contributed by atoms with Crippen LogP contribution in [0.2, 0.25) is 0 Å². The van der Waals surface area contributed by atoms with Crippen molar-refractivity contribution in [2.45, 2.75) is 63.8 Å². The summed E-state index contributed by atoms with van der Waals surface area (Å²) in [6, 6.07) is 0. The SMILES string of the molecule is C.C.C.C.CC#CCC#CC(C)(C)C.[V]. The Morgan fingerprint density at radius 1 is 0.867 bits per heavy atom. The summed E-state index contributed by atoms with van der Waals surface area (Å²) in [7, 11) is 0. The van der Waals surface area contributed by atoms with E-state index in [1.807, 2.05) is 6.92 Å². The molecule has 0 aromatic heterocycles. The molecular weight excluding hydrogens is 219 g/mol. The van der Waals surface area contributed by atoms with Gasteiger partial charge in [-0.25, -0.2) is 0 Å². The number of rotatable bonds is 0. The topological polar surface area (TPSA) is 0 Å². The molecule has 91 valence electrons. The van der Waals surface area contributed by atoms with Gasteiger partial charge in [0.15, 0.2) is 0 Å². The van der Waals surface area contributed by atoms with E-state index in [4.69, 9.17) is 0 Å². The summed E-state index contributed by atoms with van der Waals surface area (Å²) in [5.74, 6) is 11.8. The van der Waals surface area contributed by atoms with E-state index in [1.165, 1.54) is 0 Å². The average molecular weight is 249 g/mol. The third kappa shape index (κ3) is 41.8. The van der Waals surface area contributed by atoms with Crippen LogP contribution < -0.4 is 0 Å². The van der Waals surface area contributed by atoms with Crippen LogP contribution in [-0.4, -0.2) is 0 Å². The Morgan fingerprint density at radius 2 is 1.27 bits per heavy atom. The first-order chi connectivity index (χ1) is 4.56. The van der Waals surface area contributed by atoms with Gasteiger partial charge in [-0.1, -0.05) is 47.5 Å². The van der Waals surface area contributed by atoms with Crippen LogP contribution in [0.25, 0.3) is 0 Å². The molecule has 0 aliphatic carbocycles. The molecule has 0 heterocycles. The number of hydrogen-bond acceptors (Lipinski definition) is 0. The van der Waals surface area contributed by atoms with Crippen molar-refractivity contribution in [3.63, 3.8) is 0 Å². The van der Waals surface area contributed by atoms with E-state index in [-0.39, 0.29) is 53.7 Å². The minimum Gasteiger partial charge on any atom is -0.106 e. The molecular formula is C14H30V. The Morgan fingerprint density at radius 3 is 1.53 bits per heavy atom. The van der Waals surface area contributed by atoms with E-state index < -0.39 is 0 Å². The summed E-state index contributed by atoms with van der Waals surface area (Å²) in [5.41, 5.74) is 0.120. The van der Waals surface area contributed by atoms with Gasteiger partial charge in [0.1, 0.15) is 0 Å². The third-order valence-corrected chi connectivity index (χ3v) is 0.817. The zero-order chi connectivity index (χ0) is 8.04. The molecule has 0 aliphatic heterocycles. The van der Waals surface area contributed by atoms with Gasteiger partial charge in [0.25, 0.3) is 0 Å². The van der Waals surface area contributed by atoms with Gasteiger partial charge in [0, 0.05) is 24.0 Å². The van der Waals surface area contributed by atoms with Crippen LogP contribution in [0.4, 0.5) is 0 Å². The van der Waals surface area contributed by atoms with Crippen LogP contribution in [0.3, 0.4) is 0 Å². The summed E-state index contributed by atoms with van der Waals surface area (Å²) in [5, 5.41) is 0. The third-order valence-electron chi connectivity index (χ3n) is 0.817. The van der Waals surface area contributed by atoms with Gasteiger partial charge in [-0.15, -0.1) is 5.92 Å². The van der Waals surface area contributed by atoms with Crippen LogP contribution in [0.15, 0.2) is 0 Å². The minimum atomic E-state index is 0. The standard InChI is InChI=1S/C10H14.4CH4.V/c1-5-6-7-8-9-10(2,3)4;;;;;/h7H2,1-4H3;4*1H4;. The fourth-order valence-corrected chi connectivity index (χ4v) is 0.442. The summed E-state index contributed by atoms with van der Waals surface area (Å²) in [4.78, 5) is 0. The molecule has 0 saturated carbocycles. The van der Waals surface area contributed by atoms with E-state index in [0.29, 0.717) is 6.42 Å². The molecule has 0 unspecified atom stereocenters. The second kappa shape index (κ2) is 19.3. The van der Waals surface area contributed by atoms with Crippen LogP contribution >= 0.6 is 0 Å². The zero-order valence-electron chi connectivity index (χ0n) is 7.65. The van der Waals surface area contributed by atoms with Crippen molar-refractivity contribution in [3.8, 4) is 23.7 Å². The molecule has 0 aliphatic rings. The van der Waals surface area contributed by atoms with Gasteiger partial charge < -0.3 is 0 Å². The molecule has 0 spiro atoms. The molecule has 1 heteroatoms. The van der Waals surface area contributed by atoms with Crippen molar-refractivity contribution >= 4 is 0 Å². The smallest absolute Gasteiger partial charge is 0.0702 e. The maximum atomic E-state index is 3.10. The van der Waals surface area contributed by atoms with Crippen molar-refractivity contribution < 1.29 is 18.6 Å². The molecule has 15 heavy (non-hydrogen) atoms. The first-order valence-electron chi connectivity index (χ1n) is 3.46. The Balaban J connectivity index is -0.0000000405. The molecule has 0 nitrogen and oxygen atoms in total. The molecule has 0 N–H and O–H groups in total. The minimum absolute atomic E-state index is 0. The van der Waals surface area contributed by atoms with Crippen LogP contribution in [0.1, 0.15) is 63.8 Å². The molecule has 0 amide bonds. The van der Waals surface area contributed by atoms with Crippen LogP contribution in [-0.2, 0) is 18.6 Å². The van der Waals surface area contributed by atoms with Gasteiger partial charge >= 0.3 is 0 Å². The van der Waals surface area contributed by atoms with Crippen molar-refractivity contribution in [1.82, 2.24) is 0 Å². The van der Waals surface area contributed by atoms with E-state index in [2.05, 4.69) is 44.5 Å². The van der Waals surface area contributed by atoms with Gasteiger partial charge in [0.2, 0.25) is 0 Å². The fourth-order valence-electron chi connectivity index (χ4n) is 0.442. The second-order valence-electron chi connectivity index (χ2n) is 3.16. The quantitative estimate of drug-likeness (QED) is 0.530. The van der Waals surface area contributed by atoms with Crippen molar-refractivity contribution in [1.29, 1.82) is 0 Å². The summed E-state index contributed by atoms with van der Waals surface area (Å²) < 4.78 is 0. The molecule has 0 fully saturated rings. The summed E-state index contributed by atoms with van der Waals surface area (Å²) in [6.45, 7) is 8.12. The van der Waals surface area contributed by atoms with E-state index in [9.17, 15) is 0 Å². The predicted octanol–water partition coefficient (Wildman–Crippen LogP) is 4.99. The van der Waals surface area contributed by atoms with Crippen molar-refractivity contribution in [2.75, 3.05) is 0 Å². The van der Waals surface area contributed by atoms with Gasteiger partial charge in [-0.3, -0.25) is 0 Å². The van der Waals surface area contributed by atoms with Gasteiger partial charge in [-0.05, 0) is 27.7 Å². The van der Waals surface area contributed by atoms with Crippen LogP contribution in [0.5, 0.6) is 0 Å². The predicted molar refractivity (Wildman–Crippen MR) is 72.2 cm³/mol. The van der Waals surface area contributed by atoms with Gasteiger partial charge in [0.05, 0.1) is 6.42 Å². The summed E-state index contributed by atoms with van der Waals surface area (Å²) in [6.07, 6.45) is 0.702. The molecule has 0 bridgehead atoms. The second-order valence-corrected chi connectivity index (χ2v) is 3.16. The summed E-state index contributed by atoms with van der Waals surface area (Å²) >= 11 is 0. The van der Waals surface area contributed by atoms with Gasteiger partial charge in [-0.2, -0.15) is 0 Å². The Labute approximate surface area is 112 Å². The molecule has 0 saturated heterocycles. The first kappa shape index (κ1) is 36.4. The molecule has 1 radical (unpaired) electrons. The van der Waals surface area contributed by atoms with Crippen molar-refractivity contribution in [2.24, 2.45) is 5.41 Å². The van der Waals surface area contributed by atoms with E-state index >= 15 is 0 Å². The average Bonchev–Trinajstić information content (AvgIpc) is 1.78. The normalized spacial score (nSPS) is 5.87. The first-order valence-corrected chi connectivity index (χ1v) is 3.46. The molecule has 0 atom stereocenters. The number of hydrogen-bond donors (Lipinski definition) is 0. The maximum absolute atomic E-state index is 3.10. The monoisotopic (exact) mass is 249 g/mol. The molecule has 0 aromatic carbocycles. The maximum Gasteiger partial charge on any atom is 0.0702 e. The van der Waals surface area contributed by atoms with Crippen LogP contribution in [0, 0.1) is 29.1 Å². The largest absolute Gasteiger partial charge is 0.106 e. The zero-order valence-corrected chi connectivity index (χ0v) is 9.05. The van der Waals surface area contributed by atoms with Crippen molar-refractivity contribution in [3.05, 3.63) is 0 Å². The Hall–Kier alpha value is -0.296. The molecule has 0 rings (SSSR count). The molecule has 0 aromatic rings.